The first kappa shape index (κ1) is 21.2. The summed E-state index contributed by atoms with van der Waals surface area (Å²) >= 11 is 0. The number of nitrogens with zero attached hydrogens (tertiary/aromatic N) is 2. The Hall–Kier alpha value is -4.07. The lowest BCUT2D eigenvalue weighted by molar-refractivity contribution is -0.121. The molecule has 2 heterocycles. The molecule has 0 atom stereocenters. The molecule has 6 nitrogen and oxygen atoms in total. The summed E-state index contributed by atoms with van der Waals surface area (Å²) in [6, 6.07) is 14.1. The number of nitrogens with one attached hydrogen (secondary N) is 1. The third kappa shape index (κ3) is 5.34. The summed E-state index contributed by atoms with van der Waals surface area (Å²) in [7, 11) is 0. The van der Waals surface area contributed by atoms with Crippen LogP contribution < -0.4 is 10.1 Å². The van der Waals surface area contributed by atoms with Gasteiger partial charge >= 0.3 is 0 Å². The quantitative estimate of drug-likeness (QED) is 0.419. The van der Waals surface area contributed by atoms with Crippen LogP contribution in [-0.2, 0) is 17.8 Å². The normalized spacial score (nSPS) is 10.7. The largest absolute Gasteiger partial charge is 0.453 e. The van der Waals surface area contributed by atoms with Gasteiger partial charge in [0.05, 0.1) is 18.0 Å². The van der Waals surface area contributed by atoms with Gasteiger partial charge in [-0.25, -0.2) is 13.8 Å². The van der Waals surface area contributed by atoms with Crippen LogP contribution in [0.15, 0.2) is 77.6 Å². The second-order valence-electron chi connectivity index (χ2n) is 6.93. The number of hydrogen-bond donors (Lipinski definition) is 1. The predicted octanol–water partition coefficient (Wildman–Crippen LogP) is 5.06. The van der Waals surface area contributed by atoms with Gasteiger partial charge in [0, 0.05) is 25.6 Å². The van der Waals surface area contributed by atoms with Gasteiger partial charge in [-0.05, 0) is 42.0 Å². The lowest BCUT2D eigenvalue weighted by atomic mass is 10.2. The molecule has 1 N–H and O–H groups in total. The number of aryl methyl sites for hydroxylation is 1. The molecular weight excluding hydrogens is 416 g/mol. The number of benzene rings is 2. The van der Waals surface area contributed by atoms with Crippen molar-refractivity contribution in [2.45, 2.75) is 19.4 Å². The number of rotatable bonds is 8. The van der Waals surface area contributed by atoms with Crippen molar-refractivity contribution in [3.8, 4) is 22.8 Å². The zero-order valence-corrected chi connectivity index (χ0v) is 16.9. The van der Waals surface area contributed by atoms with Gasteiger partial charge in [-0.1, -0.05) is 18.2 Å². The van der Waals surface area contributed by atoms with Crippen LogP contribution in [0.25, 0.3) is 11.3 Å². The Kier molecular flexibility index (Phi) is 6.50. The minimum absolute atomic E-state index is 0.0719. The predicted molar refractivity (Wildman–Crippen MR) is 113 cm³/mol. The van der Waals surface area contributed by atoms with Crippen molar-refractivity contribution in [2.24, 2.45) is 0 Å². The number of aromatic nitrogens is 2. The summed E-state index contributed by atoms with van der Waals surface area (Å²) in [5.74, 6) is -0.0477. The van der Waals surface area contributed by atoms with Gasteiger partial charge in [0.25, 0.3) is 0 Å². The summed E-state index contributed by atoms with van der Waals surface area (Å²) in [6.45, 7) is 0.162. The van der Waals surface area contributed by atoms with E-state index >= 15 is 0 Å². The number of carbonyl (C=O) groups excluding carboxylic acids is 1. The Labute approximate surface area is 182 Å². The smallest absolute Gasteiger partial charge is 0.220 e. The average Bonchev–Trinajstić information content (AvgIpc) is 3.28. The van der Waals surface area contributed by atoms with Crippen LogP contribution in [0.5, 0.6) is 11.5 Å². The summed E-state index contributed by atoms with van der Waals surface area (Å²) in [6.07, 6.45) is 4.90. The monoisotopic (exact) mass is 435 g/mol. The molecule has 0 fully saturated rings. The molecule has 0 aliphatic carbocycles. The lowest BCUT2D eigenvalue weighted by Crippen LogP contribution is -2.23. The van der Waals surface area contributed by atoms with Gasteiger partial charge in [0.1, 0.15) is 11.6 Å². The number of hydrogen-bond acceptors (Lipinski definition) is 5. The number of amides is 1. The Balaban J connectivity index is 1.27. The number of pyridine rings is 1. The molecule has 0 saturated heterocycles. The van der Waals surface area contributed by atoms with Gasteiger partial charge in [-0.2, -0.15) is 0 Å². The maximum Gasteiger partial charge on any atom is 0.220 e. The van der Waals surface area contributed by atoms with Crippen LogP contribution in [0.1, 0.15) is 17.9 Å². The van der Waals surface area contributed by atoms with Crippen LogP contribution in [0.4, 0.5) is 8.78 Å². The van der Waals surface area contributed by atoms with Crippen molar-refractivity contribution in [3.63, 3.8) is 0 Å². The van der Waals surface area contributed by atoms with Crippen LogP contribution in [0.2, 0.25) is 0 Å². The number of carbonyl (C=O) groups is 1. The molecule has 32 heavy (non-hydrogen) atoms. The summed E-state index contributed by atoms with van der Waals surface area (Å²) in [4.78, 5) is 20.2. The van der Waals surface area contributed by atoms with E-state index in [9.17, 15) is 13.6 Å². The molecule has 0 unspecified atom stereocenters. The first-order valence-corrected chi connectivity index (χ1v) is 9.91. The molecule has 0 saturated carbocycles. The van der Waals surface area contributed by atoms with Crippen molar-refractivity contribution >= 4 is 5.91 Å². The molecule has 1 amide bonds. The SMILES string of the molecule is O=C(CCc1ncc(-c2ccccc2F)o1)NCc1ccc(Oc2cccnc2)c(F)c1. The molecule has 0 spiro atoms. The zero-order valence-electron chi connectivity index (χ0n) is 16.9. The second kappa shape index (κ2) is 9.82. The fraction of sp³-hybridized carbons (Fsp3) is 0.125. The molecule has 2 aromatic heterocycles. The van der Waals surface area contributed by atoms with Crippen molar-refractivity contribution < 1.29 is 22.7 Å². The van der Waals surface area contributed by atoms with Gasteiger partial charge in [0.2, 0.25) is 5.91 Å². The zero-order chi connectivity index (χ0) is 22.3. The van der Waals surface area contributed by atoms with E-state index < -0.39 is 11.6 Å². The van der Waals surface area contributed by atoms with Gasteiger partial charge in [0.15, 0.2) is 23.2 Å². The number of halogens is 2. The maximum absolute atomic E-state index is 14.3. The van der Waals surface area contributed by atoms with Crippen LogP contribution in [-0.4, -0.2) is 15.9 Å². The fourth-order valence-electron chi connectivity index (χ4n) is 2.99. The second-order valence-corrected chi connectivity index (χ2v) is 6.93. The first-order chi connectivity index (χ1) is 15.6. The van der Waals surface area contributed by atoms with Crippen LogP contribution in [0.3, 0.4) is 0 Å². The van der Waals surface area contributed by atoms with E-state index in [-0.39, 0.29) is 31.0 Å². The van der Waals surface area contributed by atoms with Crippen molar-refractivity contribution in [2.75, 3.05) is 0 Å². The van der Waals surface area contributed by atoms with Crippen molar-refractivity contribution in [1.29, 1.82) is 0 Å². The highest BCUT2D eigenvalue weighted by molar-refractivity contribution is 5.76. The Morgan fingerprint density at radius 2 is 1.91 bits per heavy atom. The minimum Gasteiger partial charge on any atom is -0.453 e. The third-order valence-corrected chi connectivity index (χ3v) is 4.61. The van der Waals surface area contributed by atoms with E-state index in [0.29, 0.717) is 28.5 Å². The van der Waals surface area contributed by atoms with E-state index in [1.807, 2.05) is 0 Å². The highest BCUT2D eigenvalue weighted by atomic mass is 19.1. The van der Waals surface area contributed by atoms with Gasteiger partial charge < -0.3 is 14.5 Å². The molecule has 8 heteroatoms. The van der Waals surface area contributed by atoms with Crippen molar-refractivity contribution in [3.05, 3.63) is 96.3 Å². The maximum atomic E-state index is 14.3. The van der Waals surface area contributed by atoms with E-state index in [1.165, 1.54) is 30.6 Å². The average molecular weight is 435 g/mol. The standard InChI is InChI=1S/C24H19F2N3O3/c25-19-6-2-1-5-18(19)22-15-29-24(32-22)10-9-23(30)28-13-16-7-8-21(20(26)12-16)31-17-4-3-11-27-14-17/h1-8,11-12,14-15H,9-10,13H2,(H,28,30). The van der Waals surface area contributed by atoms with E-state index in [1.54, 1.807) is 42.6 Å². The molecule has 0 aliphatic rings. The molecule has 0 bridgehead atoms. The third-order valence-electron chi connectivity index (χ3n) is 4.61. The lowest BCUT2D eigenvalue weighted by Gasteiger charge is -2.09. The van der Waals surface area contributed by atoms with Gasteiger partial charge in [-0.3, -0.25) is 9.78 Å². The highest BCUT2D eigenvalue weighted by Gasteiger charge is 2.12. The van der Waals surface area contributed by atoms with Crippen LogP contribution >= 0.6 is 0 Å². The van der Waals surface area contributed by atoms with Crippen molar-refractivity contribution in [1.82, 2.24) is 15.3 Å². The minimum atomic E-state index is -0.541. The summed E-state index contributed by atoms with van der Waals surface area (Å²) < 4.78 is 39.1. The fourth-order valence-corrected chi connectivity index (χ4v) is 2.99. The Morgan fingerprint density at radius 1 is 1.03 bits per heavy atom. The molecule has 0 aliphatic heterocycles. The number of ether oxygens (including phenoxy) is 1. The molecule has 4 aromatic rings. The van der Waals surface area contributed by atoms with Crippen LogP contribution in [0, 0.1) is 11.6 Å². The summed E-state index contributed by atoms with van der Waals surface area (Å²) in [5.41, 5.74) is 0.904. The molecule has 0 radical (unpaired) electrons. The van der Waals surface area contributed by atoms with E-state index in [0.717, 1.165) is 0 Å². The topological polar surface area (TPSA) is 77.2 Å². The molecule has 4 rings (SSSR count). The first-order valence-electron chi connectivity index (χ1n) is 9.91. The number of oxazole rings is 1. The highest BCUT2D eigenvalue weighted by Crippen LogP contribution is 2.25. The molecule has 2 aromatic carbocycles. The summed E-state index contributed by atoms with van der Waals surface area (Å²) in [5, 5.41) is 2.73. The molecule has 162 valence electrons. The van der Waals surface area contributed by atoms with E-state index in [4.69, 9.17) is 9.15 Å². The Morgan fingerprint density at radius 3 is 2.69 bits per heavy atom. The molecular formula is C24H19F2N3O3. The van der Waals surface area contributed by atoms with Gasteiger partial charge in [-0.15, -0.1) is 0 Å². The van der Waals surface area contributed by atoms with E-state index in [2.05, 4.69) is 15.3 Å². The Bertz CT molecular complexity index is 1210.